The molecule has 9 heteroatoms. The molecule has 6 nitrogen and oxygen atoms in total. The maximum atomic E-state index is 12.9. The number of pyridine rings is 1. The fourth-order valence-electron chi connectivity index (χ4n) is 2.29. The summed E-state index contributed by atoms with van der Waals surface area (Å²) in [5.41, 5.74) is 0.0872. The van der Waals surface area contributed by atoms with Gasteiger partial charge in [-0.1, -0.05) is 18.2 Å². The molecule has 0 aliphatic heterocycles. The Labute approximate surface area is 160 Å². The van der Waals surface area contributed by atoms with Crippen molar-refractivity contribution < 1.29 is 22.7 Å². The average molecular weight is 392 g/mol. The summed E-state index contributed by atoms with van der Waals surface area (Å²) in [6.07, 6.45) is -3.33. The highest BCUT2D eigenvalue weighted by molar-refractivity contribution is 5.97. The summed E-state index contributed by atoms with van der Waals surface area (Å²) in [5, 5.41) is 4.66. The Bertz CT molecular complexity index is 854. The fourth-order valence-corrected chi connectivity index (χ4v) is 2.29. The van der Waals surface area contributed by atoms with Gasteiger partial charge in [0.25, 0.3) is 5.91 Å². The number of carbonyl (C=O) groups excluding carboxylic acids is 1. The molecular weight excluding hydrogens is 373 g/mol. The third kappa shape index (κ3) is 5.57. The van der Waals surface area contributed by atoms with Crippen LogP contribution >= 0.6 is 0 Å². The third-order valence-electron chi connectivity index (χ3n) is 3.67. The van der Waals surface area contributed by atoms with E-state index in [4.69, 9.17) is 4.74 Å². The topological polar surface area (TPSA) is 58.0 Å². The molecule has 1 aromatic carbocycles. The molecular formula is C19H19F3N4O2. The molecule has 0 atom stereocenters. The third-order valence-corrected chi connectivity index (χ3v) is 3.67. The fraction of sp³-hybridized carbons (Fsp3) is 0.211. The van der Waals surface area contributed by atoms with E-state index in [2.05, 4.69) is 16.8 Å². The van der Waals surface area contributed by atoms with Gasteiger partial charge in [0.15, 0.2) is 0 Å². The quantitative estimate of drug-likeness (QED) is 0.521. The van der Waals surface area contributed by atoms with Gasteiger partial charge in [0.05, 0.1) is 6.42 Å². The maximum absolute atomic E-state index is 12.9. The molecule has 1 aromatic heterocycles. The van der Waals surface area contributed by atoms with E-state index >= 15 is 0 Å². The number of carbonyl (C=O) groups is 1. The number of allylic oxidation sites excluding steroid dienone is 1. The van der Waals surface area contributed by atoms with Crippen molar-refractivity contribution in [3.8, 4) is 11.6 Å². The van der Waals surface area contributed by atoms with Gasteiger partial charge >= 0.3 is 6.18 Å². The summed E-state index contributed by atoms with van der Waals surface area (Å²) in [6, 6.07) is 11.7. The lowest BCUT2D eigenvalue weighted by Gasteiger charge is -2.26. The van der Waals surface area contributed by atoms with E-state index in [1.807, 2.05) is 0 Å². The molecule has 0 fully saturated rings. The first-order chi connectivity index (χ1) is 13.2. The molecule has 1 amide bonds. The summed E-state index contributed by atoms with van der Waals surface area (Å²) in [6.45, 7) is 3.29. The predicted octanol–water partition coefficient (Wildman–Crippen LogP) is 4.29. The van der Waals surface area contributed by atoms with E-state index in [1.165, 1.54) is 32.4 Å². The number of alkyl halides is 3. The molecule has 0 saturated carbocycles. The largest absolute Gasteiger partial charge is 0.438 e. The molecule has 28 heavy (non-hydrogen) atoms. The second-order valence-corrected chi connectivity index (χ2v) is 5.68. The van der Waals surface area contributed by atoms with Crippen molar-refractivity contribution in [3.05, 3.63) is 66.1 Å². The number of para-hydroxylation sites is 1. The number of hydrogen-bond donors (Lipinski definition) is 0. The Kier molecular flexibility index (Phi) is 6.75. The van der Waals surface area contributed by atoms with E-state index in [0.29, 0.717) is 5.75 Å². The van der Waals surface area contributed by atoms with E-state index in [9.17, 15) is 18.0 Å². The van der Waals surface area contributed by atoms with Crippen LogP contribution < -0.4 is 4.74 Å². The first kappa shape index (κ1) is 20.9. The zero-order chi connectivity index (χ0) is 20.7. The van der Waals surface area contributed by atoms with Crippen LogP contribution in [0.15, 0.2) is 65.7 Å². The molecule has 0 radical (unpaired) electrons. The predicted molar refractivity (Wildman–Crippen MR) is 98.9 cm³/mol. The van der Waals surface area contributed by atoms with Crippen molar-refractivity contribution in [3.63, 3.8) is 0 Å². The lowest BCUT2D eigenvalue weighted by molar-refractivity contribution is -0.125. The molecule has 0 saturated heterocycles. The monoisotopic (exact) mass is 392 g/mol. The van der Waals surface area contributed by atoms with Crippen molar-refractivity contribution in [2.45, 2.75) is 12.6 Å². The lowest BCUT2D eigenvalue weighted by atomic mass is 10.2. The Morgan fingerprint density at radius 2 is 1.89 bits per heavy atom. The van der Waals surface area contributed by atoms with Crippen LogP contribution in [0.4, 0.5) is 13.2 Å². The van der Waals surface area contributed by atoms with E-state index < -0.39 is 18.5 Å². The van der Waals surface area contributed by atoms with Crippen molar-refractivity contribution in [1.29, 1.82) is 0 Å². The Hall–Kier alpha value is -3.36. The van der Waals surface area contributed by atoms with Crippen LogP contribution in [0.2, 0.25) is 0 Å². The van der Waals surface area contributed by atoms with Gasteiger partial charge in [0.1, 0.15) is 17.1 Å². The number of hydrazone groups is 1. The Morgan fingerprint density at radius 3 is 2.50 bits per heavy atom. The highest BCUT2D eigenvalue weighted by atomic mass is 19.4. The lowest BCUT2D eigenvalue weighted by Crippen LogP contribution is -2.33. The van der Waals surface area contributed by atoms with Gasteiger partial charge < -0.3 is 4.74 Å². The first-order valence-electron chi connectivity index (χ1n) is 8.16. The van der Waals surface area contributed by atoms with Crippen LogP contribution in [0, 0.1) is 0 Å². The Morgan fingerprint density at radius 1 is 1.21 bits per heavy atom. The Balaban J connectivity index is 2.34. The number of ether oxygens (including phenoxy) is 1. The van der Waals surface area contributed by atoms with Crippen LogP contribution in [0.25, 0.3) is 0 Å². The minimum absolute atomic E-state index is 0.0370. The normalized spacial score (nSPS) is 11.7. The molecule has 1 heterocycles. The van der Waals surface area contributed by atoms with Gasteiger partial charge in [-0.15, -0.1) is 0 Å². The van der Waals surface area contributed by atoms with Gasteiger partial charge in [-0.25, -0.2) is 4.98 Å². The molecule has 0 aliphatic carbocycles. The zero-order valence-corrected chi connectivity index (χ0v) is 15.3. The van der Waals surface area contributed by atoms with Gasteiger partial charge in [-0.05, 0) is 30.3 Å². The molecule has 2 aromatic rings. The summed E-state index contributed by atoms with van der Waals surface area (Å²) in [7, 11) is 2.73. The molecule has 148 valence electrons. The molecule has 0 unspecified atom stereocenters. The number of nitrogens with zero attached hydrogens (tertiary/aromatic N) is 4. The number of halogens is 3. The minimum Gasteiger partial charge on any atom is -0.438 e. The number of rotatable bonds is 7. The molecule has 2 rings (SSSR count). The summed E-state index contributed by atoms with van der Waals surface area (Å²) in [4.78, 5) is 18.0. The van der Waals surface area contributed by atoms with E-state index in [-0.39, 0.29) is 17.3 Å². The van der Waals surface area contributed by atoms with E-state index in [0.717, 1.165) is 16.0 Å². The molecule has 0 aliphatic rings. The molecule has 0 spiro atoms. The van der Waals surface area contributed by atoms with Crippen molar-refractivity contribution in [2.24, 2.45) is 5.10 Å². The average Bonchev–Trinajstić information content (AvgIpc) is 2.67. The summed E-state index contributed by atoms with van der Waals surface area (Å²) >= 11 is 0. The summed E-state index contributed by atoms with van der Waals surface area (Å²) in [5.74, 6) is -0.180. The zero-order valence-electron chi connectivity index (χ0n) is 15.3. The number of aromatic nitrogens is 1. The van der Waals surface area contributed by atoms with Gasteiger partial charge in [0.2, 0.25) is 5.88 Å². The van der Waals surface area contributed by atoms with Crippen molar-refractivity contribution in [1.82, 2.24) is 14.9 Å². The van der Waals surface area contributed by atoms with Crippen LogP contribution in [-0.2, 0) is 0 Å². The van der Waals surface area contributed by atoms with Crippen LogP contribution in [0.3, 0.4) is 0 Å². The van der Waals surface area contributed by atoms with Crippen LogP contribution in [0.5, 0.6) is 11.6 Å². The number of benzene rings is 1. The first-order valence-corrected chi connectivity index (χ1v) is 8.16. The maximum Gasteiger partial charge on any atom is 0.392 e. The highest BCUT2D eigenvalue weighted by Gasteiger charge is 2.28. The smallest absolute Gasteiger partial charge is 0.392 e. The van der Waals surface area contributed by atoms with Gasteiger partial charge in [-0.2, -0.15) is 18.3 Å². The number of hydrogen-bond acceptors (Lipinski definition) is 5. The van der Waals surface area contributed by atoms with Gasteiger partial charge in [-0.3, -0.25) is 14.7 Å². The van der Waals surface area contributed by atoms with Crippen molar-refractivity contribution >= 4 is 12.6 Å². The second-order valence-electron chi connectivity index (χ2n) is 5.68. The van der Waals surface area contributed by atoms with Crippen LogP contribution in [-0.4, -0.2) is 47.8 Å². The van der Waals surface area contributed by atoms with Gasteiger partial charge in [0, 0.05) is 27.0 Å². The highest BCUT2D eigenvalue weighted by Crippen LogP contribution is 2.26. The summed E-state index contributed by atoms with van der Waals surface area (Å²) < 4.78 is 43.6. The van der Waals surface area contributed by atoms with Crippen molar-refractivity contribution in [2.75, 3.05) is 14.1 Å². The second kappa shape index (κ2) is 9.03. The van der Waals surface area contributed by atoms with E-state index in [1.54, 1.807) is 30.3 Å². The van der Waals surface area contributed by atoms with Crippen LogP contribution in [0.1, 0.15) is 16.8 Å². The standard InChI is InChI=1S/C19H19F3N4O2/c1-23-26(3)16(11-12-19(20,21)22)25(2)18(27)15-10-7-13-24-17(15)28-14-8-5-4-6-9-14/h4-11,13H,1,12H2,2-3H3/b16-11-. The SMILES string of the molecule is C=NN(C)/C(=C\CC(F)(F)F)N(C)C(=O)c1cccnc1Oc1ccccc1. The number of amides is 1. The molecule has 0 bridgehead atoms. The minimum atomic E-state index is -4.42. The molecule has 0 N–H and O–H groups in total.